The Labute approximate surface area is 96.2 Å². The van der Waals surface area contributed by atoms with Crippen LogP contribution in [0.5, 0.6) is 5.75 Å². The molecule has 1 aromatic heterocycles. The van der Waals surface area contributed by atoms with E-state index >= 15 is 0 Å². The van der Waals surface area contributed by atoms with E-state index in [-0.39, 0.29) is 0 Å². The van der Waals surface area contributed by atoms with Crippen molar-refractivity contribution in [2.45, 2.75) is 19.4 Å². The van der Waals surface area contributed by atoms with Gasteiger partial charge in [-0.3, -0.25) is 0 Å². The molecule has 0 spiro atoms. The van der Waals surface area contributed by atoms with Gasteiger partial charge in [0.2, 0.25) is 0 Å². The second-order valence-electron chi connectivity index (χ2n) is 3.77. The molecule has 0 amide bonds. The van der Waals surface area contributed by atoms with E-state index in [1.165, 1.54) is 0 Å². The van der Waals surface area contributed by atoms with E-state index in [2.05, 4.69) is 25.5 Å². The van der Waals surface area contributed by atoms with Crippen LogP contribution in [-0.4, -0.2) is 16.2 Å². The Bertz CT molecular complexity index is 507. The predicted octanol–water partition coefficient (Wildman–Crippen LogP) is 2.97. The lowest BCUT2D eigenvalue weighted by Crippen LogP contribution is -2.06. The minimum atomic E-state index is 0.802. The van der Waals surface area contributed by atoms with Crippen LogP contribution in [0.4, 0.5) is 0 Å². The molecule has 0 atom stereocenters. The summed E-state index contributed by atoms with van der Waals surface area (Å²) in [5.74, 6) is 0.941. The fourth-order valence-electron chi connectivity index (χ4n) is 1.98. The maximum atomic E-state index is 5.75. The topological polar surface area (TPSA) is 27.1 Å². The van der Waals surface area contributed by atoms with Gasteiger partial charge >= 0.3 is 0 Å². The molecule has 0 bridgehead atoms. The average Bonchev–Trinajstić information content (AvgIpc) is 2.56. The molecule has 3 nitrogen and oxygen atoms in total. The Kier molecular flexibility index (Phi) is 2.16. The van der Waals surface area contributed by atoms with Crippen molar-refractivity contribution in [1.29, 1.82) is 0 Å². The number of imidazole rings is 1. The zero-order chi connectivity index (χ0) is 10.3. The molecule has 0 N–H and O–H groups in total. The van der Waals surface area contributed by atoms with Crippen molar-refractivity contribution < 1.29 is 4.74 Å². The van der Waals surface area contributed by atoms with E-state index in [1.54, 1.807) is 0 Å². The first-order valence-corrected chi connectivity index (χ1v) is 5.91. The van der Waals surface area contributed by atoms with Crippen molar-refractivity contribution in [3.8, 4) is 5.75 Å². The number of ether oxygens (including phenoxy) is 1. The summed E-state index contributed by atoms with van der Waals surface area (Å²) in [6.07, 6.45) is 4.15. The molecule has 0 fully saturated rings. The van der Waals surface area contributed by atoms with Gasteiger partial charge in [0.1, 0.15) is 11.3 Å². The molecule has 1 aliphatic rings. The molecule has 1 aliphatic heterocycles. The molecule has 15 heavy (non-hydrogen) atoms. The summed E-state index contributed by atoms with van der Waals surface area (Å²) in [5.41, 5.74) is 2.12. The number of aryl methyl sites for hydroxylation is 1. The third-order valence-corrected chi connectivity index (χ3v) is 3.15. The SMILES string of the molecule is Brc1cc2c3c(c1)ncn3CCCCO2. The first kappa shape index (κ1) is 9.21. The van der Waals surface area contributed by atoms with Crippen molar-refractivity contribution in [3.05, 3.63) is 22.9 Å². The molecule has 0 unspecified atom stereocenters. The van der Waals surface area contributed by atoms with Gasteiger partial charge in [-0.25, -0.2) is 4.98 Å². The maximum Gasteiger partial charge on any atom is 0.146 e. The van der Waals surface area contributed by atoms with E-state index in [4.69, 9.17) is 4.74 Å². The number of nitrogens with zero attached hydrogens (tertiary/aromatic N) is 2. The second kappa shape index (κ2) is 3.52. The molecular formula is C11H11BrN2O. The van der Waals surface area contributed by atoms with Gasteiger partial charge in [-0.2, -0.15) is 0 Å². The minimum Gasteiger partial charge on any atom is -0.491 e. The first-order chi connectivity index (χ1) is 7.34. The number of benzene rings is 1. The normalized spacial score (nSPS) is 15.8. The van der Waals surface area contributed by atoms with E-state index in [0.29, 0.717) is 0 Å². The highest BCUT2D eigenvalue weighted by Crippen LogP contribution is 2.31. The first-order valence-electron chi connectivity index (χ1n) is 5.12. The molecule has 0 saturated heterocycles. The van der Waals surface area contributed by atoms with Crippen LogP contribution < -0.4 is 4.74 Å². The Morgan fingerprint density at radius 2 is 2.27 bits per heavy atom. The number of halogens is 1. The molecule has 0 aliphatic carbocycles. The Morgan fingerprint density at radius 3 is 3.20 bits per heavy atom. The number of hydrogen-bond acceptors (Lipinski definition) is 2. The Morgan fingerprint density at radius 1 is 1.33 bits per heavy atom. The van der Waals surface area contributed by atoms with Crippen molar-refractivity contribution in [2.75, 3.05) is 6.61 Å². The largest absolute Gasteiger partial charge is 0.491 e. The van der Waals surface area contributed by atoms with Gasteiger partial charge in [0.25, 0.3) is 0 Å². The number of hydrogen-bond donors (Lipinski definition) is 0. The smallest absolute Gasteiger partial charge is 0.146 e. The summed E-state index contributed by atoms with van der Waals surface area (Å²) in [5, 5.41) is 0. The highest BCUT2D eigenvalue weighted by molar-refractivity contribution is 9.10. The van der Waals surface area contributed by atoms with Gasteiger partial charge in [0.05, 0.1) is 18.5 Å². The lowest BCUT2D eigenvalue weighted by Gasteiger charge is -2.14. The van der Waals surface area contributed by atoms with Crippen LogP contribution in [0.2, 0.25) is 0 Å². The third-order valence-electron chi connectivity index (χ3n) is 2.69. The van der Waals surface area contributed by atoms with E-state index in [1.807, 2.05) is 18.5 Å². The lowest BCUT2D eigenvalue weighted by molar-refractivity contribution is 0.299. The molecule has 4 heteroatoms. The van der Waals surface area contributed by atoms with Gasteiger partial charge < -0.3 is 9.30 Å². The monoisotopic (exact) mass is 266 g/mol. The average molecular weight is 267 g/mol. The Hall–Kier alpha value is -1.03. The summed E-state index contributed by atoms with van der Waals surface area (Å²) >= 11 is 3.47. The highest BCUT2D eigenvalue weighted by Gasteiger charge is 2.12. The molecule has 0 radical (unpaired) electrons. The van der Waals surface area contributed by atoms with Crippen molar-refractivity contribution >= 4 is 27.0 Å². The van der Waals surface area contributed by atoms with Gasteiger partial charge in [-0.1, -0.05) is 15.9 Å². The molecule has 2 heterocycles. The van der Waals surface area contributed by atoms with Gasteiger partial charge in [0.15, 0.2) is 0 Å². The van der Waals surface area contributed by atoms with Crippen molar-refractivity contribution in [2.24, 2.45) is 0 Å². The van der Waals surface area contributed by atoms with Crippen LogP contribution in [0.15, 0.2) is 22.9 Å². The summed E-state index contributed by atoms with van der Waals surface area (Å²) < 4.78 is 8.95. The summed E-state index contributed by atoms with van der Waals surface area (Å²) in [6, 6.07) is 4.05. The number of aromatic nitrogens is 2. The quantitative estimate of drug-likeness (QED) is 0.733. The van der Waals surface area contributed by atoms with Crippen LogP contribution in [0.25, 0.3) is 11.0 Å². The highest BCUT2D eigenvalue weighted by atomic mass is 79.9. The lowest BCUT2D eigenvalue weighted by atomic mass is 10.2. The molecule has 1 aromatic carbocycles. The van der Waals surface area contributed by atoms with Crippen LogP contribution in [0.3, 0.4) is 0 Å². The molecule has 78 valence electrons. The van der Waals surface area contributed by atoms with E-state index < -0.39 is 0 Å². The van der Waals surface area contributed by atoms with Crippen LogP contribution in [-0.2, 0) is 6.54 Å². The van der Waals surface area contributed by atoms with Crippen molar-refractivity contribution in [1.82, 2.24) is 9.55 Å². The van der Waals surface area contributed by atoms with Gasteiger partial charge in [0, 0.05) is 11.0 Å². The van der Waals surface area contributed by atoms with Crippen LogP contribution in [0.1, 0.15) is 12.8 Å². The van der Waals surface area contributed by atoms with E-state index in [9.17, 15) is 0 Å². The molecule has 2 aromatic rings. The predicted molar refractivity (Wildman–Crippen MR) is 62.2 cm³/mol. The van der Waals surface area contributed by atoms with Crippen molar-refractivity contribution in [3.63, 3.8) is 0 Å². The van der Waals surface area contributed by atoms with Crippen LogP contribution in [0, 0.1) is 0 Å². The molecule has 3 rings (SSSR count). The second-order valence-corrected chi connectivity index (χ2v) is 4.68. The summed E-state index contributed by atoms with van der Waals surface area (Å²) in [6.45, 7) is 1.84. The van der Waals surface area contributed by atoms with E-state index in [0.717, 1.165) is 47.2 Å². The minimum absolute atomic E-state index is 0.802. The van der Waals surface area contributed by atoms with Gasteiger partial charge in [-0.05, 0) is 25.0 Å². The molecular weight excluding hydrogens is 256 g/mol. The Balaban J connectivity index is 2.30. The van der Waals surface area contributed by atoms with Crippen LogP contribution >= 0.6 is 15.9 Å². The zero-order valence-corrected chi connectivity index (χ0v) is 9.83. The van der Waals surface area contributed by atoms with Gasteiger partial charge in [-0.15, -0.1) is 0 Å². The summed E-state index contributed by atoms with van der Waals surface area (Å²) in [4.78, 5) is 4.39. The zero-order valence-electron chi connectivity index (χ0n) is 8.24. The molecule has 0 saturated carbocycles. The summed E-state index contributed by atoms with van der Waals surface area (Å²) in [7, 11) is 0. The standard InChI is InChI=1S/C11H11BrN2O/c12-8-5-9-11-10(6-8)15-4-2-1-3-14(11)7-13-9/h5-7H,1-4H2. The fraction of sp³-hybridized carbons (Fsp3) is 0.364. The third kappa shape index (κ3) is 1.53. The maximum absolute atomic E-state index is 5.75. The fourth-order valence-corrected chi connectivity index (χ4v) is 2.41. The number of rotatable bonds is 0.